The zero-order valence-corrected chi connectivity index (χ0v) is 12.9. The maximum atomic E-state index is 13.0. The molecule has 0 aromatic rings. The number of nitriles is 1. The van der Waals surface area contributed by atoms with E-state index in [0.717, 1.165) is 25.7 Å². The third kappa shape index (κ3) is 9.33. The van der Waals surface area contributed by atoms with Gasteiger partial charge < -0.3 is 0 Å². The van der Waals surface area contributed by atoms with Gasteiger partial charge in [-0.1, -0.05) is 57.9 Å². The molecule has 21 heavy (non-hydrogen) atoms. The molecule has 0 N–H and O–H groups in total. The molecule has 0 aliphatic heterocycles. The molecule has 0 atom stereocenters. The number of hydrogen-bond acceptors (Lipinski definition) is 1. The van der Waals surface area contributed by atoms with Gasteiger partial charge >= 0.3 is 6.18 Å². The molecular weight excluding hydrogens is 275 g/mol. The molecule has 0 aromatic heterocycles. The fourth-order valence-corrected chi connectivity index (χ4v) is 2.28. The van der Waals surface area contributed by atoms with E-state index in [1.165, 1.54) is 25.3 Å². The molecule has 4 heteroatoms. The van der Waals surface area contributed by atoms with Crippen molar-refractivity contribution >= 4 is 0 Å². The zero-order chi connectivity index (χ0) is 16.1. The molecule has 0 unspecified atom stereocenters. The minimum Gasteiger partial charge on any atom is -0.193 e. The van der Waals surface area contributed by atoms with Crippen LogP contribution in [0.1, 0.15) is 71.1 Å². The second kappa shape index (κ2) is 11.4. The molecule has 1 nitrogen and oxygen atoms in total. The maximum absolute atomic E-state index is 13.0. The molecule has 0 radical (unpaired) electrons. The maximum Gasteiger partial charge on any atom is 0.413 e. The van der Waals surface area contributed by atoms with Crippen molar-refractivity contribution in [1.82, 2.24) is 0 Å². The SMILES string of the molecule is C=CC/C(C#N)=C(\CCCCCCCCCC)C(F)(F)F. The Kier molecular flexibility index (Phi) is 10.7. The van der Waals surface area contributed by atoms with Crippen LogP contribution in [0.2, 0.25) is 0 Å². The Bertz CT molecular complexity index is 361. The fourth-order valence-electron chi connectivity index (χ4n) is 2.28. The summed E-state index contributed by atoms with van der Waals surface area (Å²) in [7, 11) is 0. The van der Waals surface area contributed by atoms with Crippen LogP contribution in [0, 0.1) is 11.3 Å². The van der Waals surface area contributed by atoms with Crippen LogP contribution in [0.4, 0.5) is 13.2 Å². The van der Waals surface area contributed by atoms with Crippen molar-refractivity contribution < 1.29 is 13.2 Å². The predicted octanol–water partition coefficient (Wildman–Crippen LogP) is 6.48. The van der Waals surface area contributed by atoms with E-state index >= 15 is 0 Å². The largest absolute Gasteiger partial charge is 0.413 e. The Morgan fingerprint density at radius 3 is 2.00 bits per heavy atom. The van der Waals surface area contributed by atoms with Gasteiger partial charge in [-0.05, 0) is 12.8 Å². The van der Waals surface area contributed by atoms with E-state index in [1.807, 2.05) is 0 Å². The van der Waals surface area contributed by atoms with Crippen LogP contribution in [-0.2, 0) is 0 Å². The number of nitrogens with zero attached hydrogens (tertiary/aromatic N) is 1. The monoisotopic (exact) mass is 301 g/mol. The quantitative estimate of drug-likeness (QED) is 0.243. The summed E-state index contributed by atoms with van der Waals surface area (Å²) >= 11 is 0. The van der Waals surface area contributed by atoms with Gasteiger partial charge in [-0.2, -0.15) is 18.4 Å². The van der Waals surface area contributed by atoms with Crippen LogP contribution in [0.25, 0.3) is 0 Å². The summed E-state index contributed by atoms with van der Waals surface area (Å²) in [5.74, 6) is 0. The van der Waals surface area contributed by atoms with Crippen LogP contribution in [0.5, 0.6) is 0 Å². The Morgan fingerprint density at radius 2 is 1.57 bits per heavy atom. The Morgan fingerprint density at radius 1 is 1.05 bits per heavy atom. The van der Waals surface area contributed by atoms with E-state index in [4.69, 9.17) is 5.26 Å². The van der Waals surface area contributed by atoms with Gasteiger partial charge in [0.2, 0.25) is 0 Å². The van der Waals surface area contributed by atoms with Gasteiger partial charge in [0, 0.05) is 17.6 Å². The minimum atomic E-state index is -4.41. The van der Waals surface area contributed by atoms with Crippen LogP contribution < -0.4 is 0 Å². The minimum absolute atomic E-state index is 0.0115. The van der Waals surface area contributed by atoms with Crippen molar-refractivity contribution in [2.75, 3.05) is 0 Å². The van der Waals surface area contributed by atoms with Crippen LogP contribution >= 0.6 is 0 Å². The molecule has 0 spiro atoms. The van der Waals surface area contributed by atoms with Crippen molar-refractivity contribution in [2.24, 2.45) is 0 Å². The summed E-state index contributed by atoms with van der Waals surface area (Å²) in [6, 6.07) is 1.67. The summed E-state index contributed by atoms with van der Waals surface area (Å²) in [5, 5.41) is 8.86. The molecule has 0 aromatic carbocycles. The first-order valence-corrected chi connectivity index (χ1v) is 7.77. The lowest BCUT2D eigenvalue weighted by molar-refractivity contribution is -0.0948. The number of allylic oxidation sites excluding steroid dienone is 3. The molecule has 120 valence electrons. The van der Waals surface area contributed by atoms with Crippen molar-refractivity contribution in [3.8, 4) is 6.07 Å². The molecule has 0 amide bonds. The molecule has 0 aliphatic rings. The average Bonchev–Trinajstić information content (AvgIpc) is 2.42. The van der Waals surface area contributed by atoms with Gasteiger partial charge in [-0.3, -0.25) is 0 Å². The summed E-state index contributed by atoms with van der Waals surface area (Å²) in [5.41, 5.74) is -0.865. The topological polar surface area (TPSA) is 23.8 Å². The van der Waals surface area contributed by atoms with E-state index in [2.05, 4.69) is 13.5 Å². The van der Waals surface area contributed by atoms with Gasteiger partial charge in [0.15, 0.2) is 0 Å². The van der Waals surface area contributed by atoms with Crippen molar-refractivity contribution in [3.63, 3.8) is 0 Å². The summed E-state index contributed by atoms with van der Waals surface area (Å²) in [4.78, 5) is 0. The molecule has 0 aliphatic carbocycles. The van der Waals surface area contributed by atoms with Gasteiger partial charge in [-0.15, -0.1) is 6.58 Å². The fraction of sp³-hybridized carbons (Fsp3) is 0.706. The third-order valence-electron chi connectivity index (χ3n) is 3.47. The number of unbranched alkanes of at least 4 members (excludes halogenated alkanes) is 7. The lowest BCUT2D eigenvalue weighted by atomic mass is 9.98. The molecule has 0 saturated carbocycles. The number of alkyl halides is 3. The summed E-state index contributed by atoms with van der Waals surface area (Å²) in [6.45, 7) is 5.56. The zero-order valence-electron chi connectivity index (χ0n) is 12.9. The number of hydrogen-bond donors (Lipinski definition) is 0. The first-order chi connectivity index (χ1) is 9.97. The van der Waals surface area contributed by atoms with Gasteiger partial charge in [0.1, 0.15) is 0 Å². The van der Waals surface area contributed by atoms with Gasteiger partial charge in [0.25, 0.3) is 0 Å². The molecule has 0 bridgehead atoms. The highest BCUT2D eigenvalue weighted by molar-refractivity contribution is 5.32. The molecule has 0 rings (SSSR count). The predicted molar refractivity (Wildman–Crippen MR) is 80.7 cm³/mol. The normalized spacial score (nSPS) is 12.7. The van der Waals surface area contributed by atoms with E-state index in [9.17, 15) is 13.2 Å². The molecule has 0 fully saturated rings. The standard InChI is InChI=1S/C17H26F3N/c1-3-5-6-7-8-9-10-11-13-16(17(18,19)20)15(14-21)12-4-2/h4H,2-3,5-13H2,1H3/b16-15-. The molecule has 0 heterocycles. The lowest BCUT2D eigenvalue weighted by Gasteiger charge is -2.13. The average molecular weight is 301 g/mol. The van der Waals surface area contributed by atoms with Crippen molar-refractivity contribution in [3.05, 3.63) is 23.8 Å². The smallest absolute Gasteiger partial charge is 0.193 e. The van der Waals surface area contributed by atoms with E-state index < -0.39 is 11.7 Å². The van der Waals surface area contributed by atoms with Crippen molar-refractivity contribution in [2.45, 2.75) is 77.3 Å². The highest BCUT2D eigenvalue weighted by Crippen LogP contribution is 2.33. The number of rotatable bonds is 11. The van der Waals surface area contributed by atoms with Crippen molar-refractivity contribution in [1.29, 1.82) is 5.26 Å². The summed E-state index contributed by atoms with van der Waals surface area (Å²) in [6.07, 6.45) is 5.00. The first-order valence-electron chi connectivity index (χ1n) is 7.77. The van der Waals surface area contributed by atoms with Gasteiger partial charge in [0.05, 0.1) is 6.07 Å². The summed E-state index contributed by atoms with van der Waals surface area (Å²) < 4.78 is 38.9. The highest BCUT2D eigenvalue weighted by atomic mass is 19.4. The van der Waals surface area contributed by atoms with E-state index in [0.29, 0.717) is 6.42 Å². The first kappa shape index (κ1) is 19.8. The third-order valence-corrected chi connectivity index (χ3v) is 3.47. The Balaban J connectivity index is 4.23. The lowest BCUT2D eigenvalue weighted by Crippen LogP contribution is -2.14. The molecular formula is C17H26F3N. The van der Waals surface area contributed by atoms with E-state index in [1.54, 1.807) is 6.07 Å². The van der Waals surface area contributed by atoms with Gasteiger partial charge in [-0.25, -0.2) is 0 Å². The second-order valence-electron chi connectivity index (χ2n) is 5.28. The molecule has 0 saturated heterocycles. The number of halogens is 3. The Labute approximate surface area is 126 Å². The van der Waals surface area contributed by atoms with E-state index in [-0.39, 0.29) is 18.4 Å². The van der Waals surface area contributed by atoms with Crippen LogP contribution in [0.15, 0.2) is 23.8 Å². The highest BCUT2D eigenvalue weighted by Gasteiger charge is 2.35. The van der Waals surface area contributed by atoms with Crippen LogP contribution in [-0.4, -0.2) is 6.18 Å². The van der Waals surface area contributed by atoms with Crippen LogP contribution in [0.3, 0.4) is 0 Å². The second-order valence-corrected chi connectivity index (χ2v) is 5.28. The Hall–Kier alpha value is -1.24.